The van der Waals surface area contributed by atoms with Crippen molar-refractivity contribution in [3.8, 4) is 11.3 Å². The fraction of sp³-hybridized carbons (Fsp3) is 0.286. The molecule has 0 spiro atoms. The Morgan fingerprint density at radius 1 is 1.19 bits per heavy atom. The molecule has 3 aromatic rings. The molecule has 0 saturated carbocycles. The van der Waals surface area contributed by atoms with Crippen LogP contribution in [0.4, 0.5) is 5.69 Å². The van der Waals surface area contributed by atoms with Crippen LogP contribution in [0.2, 0.25) is 0 Å². The molecule has 138 valence electrons. The third kappa shape index (κ3) is 2.77. The van der Waals surface area contributed by atoms with Crippen LogP contribution in [0.15, 0.2) is 36.4 Å². The van der Waals surface area contributed by atoms with Gasteiger partial charge in [-0.25, -0.2) is 4.79 Å². The van der Waals surface area contributed by atoms with E-state index in [9.17, 15) is 14.9 Å². The summed E-state index contributed by atoms with van der Waals surface area (Å²) in [7, 11) is 1.37. The van der Waals surface area contributed by atoms with E-state index in [1.165, 1.54) is 7.11 Å². The van der Waals surface area contributed by atoms with Gasteiger partial charge in [0.25, 0.3) is 5.69 Å². The number of nitro groups is 1. The van der Waals surface area contributed by atoms with Crippen molar-refractivity contribution in [2.24, 2.45) is 0 Å². The van der Waals surface area contributed by atoms with Crippen molar-refractivity contribution < 1.29 is 14.5 Å². The number of fused-ring (bicyclic) bond motifs is 5. The minimum atomic E-state index is -0.372. The summed E-state index contributed by atoms with van der Waals surface area (Å²) in [6.45, 7) is 2.67. The van der Waals surface area contributed by atoms with Crippen LogP contribution in [0.1, 0.15) is 34.3 Å². The number of esters is 1. The van der Waals surface area contributed by atoms with Crippen LogP contribution in [0.25, 0.3) is 22.2 Å². The average Bonchev–Trinajstić information content (AvgIpc) is 2.98. The topological polar surface area (TPSA) is 74.4 Å². The molecular weight excluding hydrogens is 344 g/mol. The zero-order chi connectivity index (χ0) is 19.1. The second-order valence-corrected chi connectivity index (χ2v) is 6.90. The number of aryl methyl sites for hydroxylation is 2. The molecule has 1 aromatic heterocycles. The maximum atomic E-state index is 11.9. The lowest BCUT2D eigenvalue weighted by molar-refractivity contribution is -0.385. The number of hydrogen-bond acceptors (Lipinski definition) is 4. The average molecular weight is 364 g/mol. The summed E-state index contributed by atoms with van der Waals surface area (Å²) in [6, 6.07) is 11.0. The van der Waals surface area contributed by atoms with E-state index in [0.717, 1.165) is 53.5 Å². The van der Waals surface area contributed by atoms with Crippen molar-refractivity contribution >= 4 is 22.6 Å². The first-order valence-electron chi connectivity index (χ1n) is 9.00. The van der Waals surface area contributed by atoms with Crippen molar-refractivity contribution in [1.29, 1.82) is 0 Å². The summed E-state index contributed by atoms with van der Waals surface area (Å²) >= 11 is 0. The molecule has 4 rings (SSSR count). The van der Waals surface area contributed by atoms with E-state index < -0.39 is 0 Å². The van der Waals surface area contributed by atoms with E-state index in [1.807, 2.05) is 31.2 Å². The fourth-order valence-electron chi connectivity index (χ4n) is 4.07. The lowest BCUT2D eigenvalue weighted by Gasteiger charge is -2.19. The van der Waals surface area contributed by atoms with Crippen molar-refractivity contribution in [1.82, 2.24) is 4.57 Å². The molecule has 2 aromatic carbocycles. The van der Waals surface area contributed by atoms with Crippen LogP contribution < -0.4 is 0 Å². The van der Waals surface area contributed by atoms with Crippen LogP contribution in [-0.2, 0) is 17.7 Å². The largest absolute Gasteiger partial charge is 0.465 e. The summed E-state index contributed by atoms with van der Waals surface area (Å²) in [6.07, 6.45) is 2.97. The molecule has 0 saturated heterocycles. The third-order valence-corrected chi connectivity index (χ3v) is 5.38. The molecule has 1 aliphatic heterocycles. The van der Waals surface area contributed by atoms with E-state index in [1.54, 1.807) is 12.1 Å². The number of methoxy groups -OCH3 is 1. The highest BCUT2D eigenvalue weighted by Crippen LogP contribution is 2.39. The van der Waals surface area contributed by atoms with E-state index in [-0.39, 0.29) is 16.6 Å². The standard InChI is InChI=1S/C21H20N2O4/c1-13-17(23(25)26)8-6-14-5-3-4-10-22-18-9-7-15(21(24)27-2)11-16(18)12-19(22)20(13)14/h6-9,11-12H,3-5,10H2,1-2H3. The Bertz CT molecular complexity index is 1080. The highest BCUT2D eigenvalue weighted by Gasteiger charge is 2.23. The Morgan fingerprint density at radius 3 is 2.74 bits per heavy atom. The molecule has 2 heterocycles. The number of nitrogens with zero attached hydrogens (tertiary/aromatic N) is 2. The maximum absolute atomic E-state index is 11.9. The van der Waals surface area contributed by atoms with Gasteiger partial charge >= 0.3 is 5.97 Å². The molecule has 0 amide bonds. The van der Waals surface area contributed by atoms with Gasteiger partial charge in [0.2, 0.25) is 0 Å². The highest BCUT2D eigenvalue weighted by atomic mass is 16.6. The minimum Gasteiger partial charge on any atom is -0.465 e. The van der Waals surface area contributed by atoms with Gasteiger partial charge in [0.15, 0.2) is 0 Å². The van der Waals surface area contributed by atoms with E-state index in [0.29, 0.717) is 11.1 Å². The van der Waals surface area contributed by atoms with Gasteiger partial charge in [-0.15, -0.1) is 0 Å². The molecule has 0 atom stereocenters. The SMILES string of the molecule is COC(=O)c1ccc2c(c1)cc1n2CCCCc2ccc([N+](=O)[O-])c(C)c2-1. The molecule has 0 fully saturated rings. The van der Waals surface area contributed by atoms with Crippen LogP contribution >= 0.6 is 0 Å². The lowest BCUT2D eigenvalue weighted by Crippen LogP contribution is -2.08. The first-order chi connectivity index (χ1) is 13.0. The highest BCUT2D eigenvalue weighted by molar-refractivity contribution is 5.97. The van der Waals surface area contributed by atoms with E-state index in [2.05, 4.69) is 4.57 Å². The molecule has 27 heavy (non-hydrogen) atoms. The van der Waals surface area contributed by atoms with E-state index >= 15 is 0 Å². The number of carbonyl (C=O) groups is 1. The zero-order valence-electron chi connectivity index (χ0n) is 15.3. The smallest absolute Gasteiger partial charge is 0.337 e. The van der Waals surface area contributed by atoms with Gasteiger partial charge < -0.3 is 9.30 Å². The normalized spacial score (nSPS) is 13.4. The number of nitro benzene ring substituents is 1. The third-order valence-electron chi connectivity index (χ3n) is 5.38. The van der Waals surface area contributed by atoms with Crippen LogP contribution in [0.5, 0.6) is 0 Å². The van der Waals surface area contributed by atoms with Gasteiger partial charge in [0, 0.05) is 40.3 Å². The molecule has 0 N–H and O–H groups in total. The quantitative estimate of drug-likeness (QED) is 0.377. The second kappa shape index (κ2) is 6.54. The molecule has 1 aliphatic rings. The zero-order valence-corrected chi connectivity index (χ0v) is 15.3. The number of rotatable bonds is 2. The van der Waals surface area contributed by atoms with Crippen molar-refractivity contribution in [2.75, 3.05) is 7.11 Å². The Hall–Kier alpha value is -3.15. The predicted molar refractivity (Wildman–Crippen MR) is 103 cm³/mol. The Morgan fingerprint density at radius 2 is 2.00 bits per heavy atom. The number of ether oxygens (including phenoxy) is 1. The van der Waals surface area contributed by atoms with Crippen molar-refractivity contribution in [2.45, 2.75) is 32.7 Å². The summed E-state index contributed by atoms with van der Waals surface area (Å²) < 4.78 is 7.04. The lowest BCUT2D eigenvalue weighted by atomic mass is 9.93. The molecular formula is C21H20N2O4. The summed E-state index contributed by atoms with van der Waals surface area (Å²) in [5.74, 6) is -0.372. The number of benzene rings is 2. The van der Waals surface area contributed by atoms with Gasteiger partial charge in [0.1, 0.15) is 0 Å². The van der Waals surface area contributed by atoms with Gasteiger partial charge in [-0.1, -0.05) is 6.07 Å². The predicted octanol–water partition coefficient (Wildman–Crippen LogP) is 4.65. The first kappa shape index (κ1) is 17.3. The van der Waals surface area contributed by atoms with Gasteiger partial charge in [-0.2, -0.15) is 0 Å². The van der Waals surface area contributed by atoms with Crippen LogP contribution in [0, 0.1) is 17.0 Å². The van der Waals surface area contributed by atoms with E-state index in [4.69, 9.17) is 4.74 Å². The van der Waals surface area contributed by atoms with Crippen molar-refractivity contribution in [3.63, 3.8) is 0 Å². The number of hydrogen-bond donors (Lipinski definition) is 0. The summed E-state index contributed by atoms with van der Waals surface area (Å²) in [4.78, 5) is 23.0. The molecule has 6 heteroatoms. The Kier molecular flexibility index (Phi) is 4.18. The van der Waals surface area contributed by atoms with Gasteiger partial charge in [-0.05, 0) is 56.0 Å². The van der Waals surface area contributed by atoms with Gasteiger partial charge in [-0.3, -0.25) is 10.1 Å². The summed E-state index contributed by atoms with van der Waals surface area (Å²) in [5, 5.41) is 12.4. The molecule has 0 aliphatic carbocycles. The first-order valence-corrected chi connectivity index (χ1v) is 9.00. The number of aromatic nitrogens is 1. The molecule has 0 unspecified atom stereocenters. The molecule has 6 nitrogen and oxygen atoms in total. The minimum absolute atomic E-state index is 0.140. The molecule has 0 bridgehead atoms. The number of carbonyl (C=O) groups excluding carboxylic acids is 1. The maximum Gasteiger partial charge on any atom is 0.337 e. The monoisotopic (exact) mass is 364 g/mol. The summed E-state index contributed by atoms with van der Waals surface area (Å²) in [5.41, 5.74) is 5.41. The van der Waals surface area contributed by atoms with Gasteiger partial charge in [0.05, 0.1) is 17.6 Å². The van der Waals surface area contributed by atoms with Crippen molar-refractivity contribution in [3.05, 3.63) is 63.2 Å². The van der Waals surface area contributed by atoms with Crippen LogP contribution in [-0.4, -0.2) is 22.6 Å². The Labute approximate surface area is 156 Å². The molecule has 0 radical (unpaired) electrons. The second-order valence-electron chi connectivity index (χ2n) is 6.90. The van der Waals surface area contributed by atoms with Crippen LogP contribution in [0.3, 0.4) is 0 Å². The Balaban J connectivity index is 2.00. The fourth-order valence-corrected chi connectivity index (χ4v) is 4.07.